The summed E-state index contributed by atoms with van der Waals surface area (Å²) in [6.07, 6.45) is 0.378. The van der Waals surface area contributed by atoms with Crippen LogP contribution in [0.2, 0.25) is 0 Å². The van der Waals surface area contributed by atoms with Crippen LogP contribution < -0.4 is 63.8 Å². The molecule has 8 atom stereocenters. The average Bonchev–Trinajstić information content (AvgIpc) is 0.842. The Labute approximate surface area is 591 Å². The van der Waals surface area contributed by atoms with Crippen molar-refractivity contribution in [1.82, 2.24) is 63.8 Å². The average molecular weight is 1410 g/mol. The second-order valence-electron chi connectivity index (χ2n) is 32.5. The monoisotopic (exact) mass is 1410 g/mol. The van der Waals surface area contributed by atoms with Gasteiger partial charge in [-0.05, 0) is 175 Å². The van der Waals surface area contributed by atoms with Gasteiger partial charge in [0.2, 0.25) is 65.0 Å². The topological polar surface area (TPSA) is 405 Å². The van der Waals surface area contributed by atoms with E-state index in [2.05, 4.69) is 63.8 Å². The van der Waals surface area contributed by atoms with E-state index in [0.717, 1.165) is 7.11 Å². The molecule has 0 rings (SSSR count). The Hall–Kier alpha value is -7.13. The summed E-state index contributed by atoms with van der Waals surface area (Å²) < 4.78 is 10.3. The maximum atomic E-state index is 14.4. The first kappa shape index (κ1) is 93.9. The number of hydrogen-bond donors (Lipinski definition) is 13. The molecule has 0 saturated heterocycles. The molecule has 0 heterocycles. The van der Waals surface area contributed by atoms with Crippen LogP contribution in [0.5, 0.6) is 0 Å². The number of aliphatic hydroxyl groups is 1. The van der Waals surface area contributed by atoms with Crippen LogP contribution in [0.4, 0.5) is 4.79 Å². The first-order chi connectivity index (χ1) is 45.1. The number of esters is 1. The molecule has 0 radical (unpaired) electrons. The number of amides is 12. The zero-order valence-electron chi connectivity index (χ0n) is 65.5. The van der Waals surface area contributed by atoms with Gasteiger partial charge in [-0.25, -0.2) is 9.59 Å². The van der Waals surface area contributed by atoms with Gasteiger partial charge in [0.15, 0.2) is 0 Å². The van der Waals surface area contributed by atoms with E-state index in [9.17, 15) is 62.3 Å². The molecule has 0 aliphatic rings. The number of methoxy groups -OCH3 is 1. The van der Waals surface area contributed by atoms with Crippen molar-refractivity contribution in [3.05, 3.63) is 0 Å². The maximum Gasteiger partial charge on any atom is 0.408 e. The van der Waals surface area contributed by atoms with Gasteiger partial charge in [0.05, 0.1) is 7.11 Å². The van der Waals surface area contributed by atoms with E-state index in [0.29, 0.717) is 0 Å². The normalized spacial score (nSPS) is 14.6. The number of carbonyl (C=O) groups excluding carboxylic acids is 13. The van der Waals surface area contributed by atoms with Gasteiger partial charge >= 0.3 is 12.1 Å². The third kappa shape index (κ3) is 36.7. The van der Waals surface area contributed by atoms with E-state index in [4.69, 9.17) is 14.6 Å². The molecule has 0 saturated carbocycles. The molecule has 0 spiro atoms. The third-order valence-electron chi connectivity index (χ3n) is 15.2. The first-order valence-corrected chi connectivity index (χ1v) is 35.0. The summed E-state index contributed by atoms with van der Waals surface area (Å²) in [6, 6.07) is -9.33. The fourth-order valence-electron chi connectivity index (χ4n) is 10.2. The number of aliphatic hydroxyl groups excluding tert-OH is 1. The fourth-order valence-corrected chi connectivity index (χ4v) is 10.2. The van der Waals surface area contributed by atoms with E-state index in [1.165, 1.54) is 62.5 Å². The Morgan fingerprint density at radius 1 is 0.273 bits per heavy atom. The van der Waals surface area contributed by atoms with Crippen LogP contribution >= 0.6 is 0 Å². The lowest BCUT2D eigenvalue weighted by atomic mass is 9.96. The number of carbonyl (C=O) groups is 13. The number of ether oxygens (including phenoxy) is 2. The highest BCUT2D eigenvalue weighted by Gasteiger charge is 2.42. The second-order valence-corrected chi connectivity index (χ2v) is 32.5. The van der Waals surface area contributed by atoms with E-state index in [1.807, 2.05) is 111 Å². The molecule has 12 amide bonds. The molecular formula is C71H132N12O16. The van der Waals surface area contributed by atoms with E-state index in [-0.39, 0.29) is 98.7 Å². The van der Waals surface area contributed by atoms with Crippen molar-refractivity contribution in [3.8, 4) is 0 Å². The van der Waals surface area contributed by atoms with Gasteiger partial charge in [0, 0.05) is 7.11 Å². The minimum Gasteiger partial charge on any atom is -0.467 e. The van der Waals surface area contributed by atoms with Crippen molar-refractivity contribution < 1.29 is 76.9 Å². The molecule has 99 heavy (non-hydrogen) atoms. The molecule has 0 aliphatic heterocycles. The third-order valence-corrected chi connectivity index (χ3v) is 15.2. The smallest absolute Gasteiger partial charge is 0.408 e. The molecule has 0 aromatic rings. The highest BCUT2D eigenvalue weighted by molar-refractivity contribution is 6.01. The van der Waals surface area contributed by atoms with Crippen molar-refractivity contribution in [3.63, 3.8) is 0 Å². The standard InChI is InChI=1S/C70H128N12O15.CH4O/c1-37(2)29-45(74-61(91)67(20,21)80-57(87)49(33-41(9)10)72-55(85)47(31-39(5)6)76-63(93)69(24,25)82-59(89)51(35-43(13)14)78-65(95)97-66(17,18)19)53(83)71-48(32-40(7)8)56(86)79-68(22,23)62(92)75-46(30-38(3)4)54(84)73-50(34-42(11)12)58(88)81-70(26,27)64(94)77-52(36-44(15)16)60(90)96-28;1-2/h37-52H,29-36H2,1-28H3,(H,71,83)(H,72,85)(H,73,84)(H,74,91)(H,75,92)(H,76,93)(H,77,94)(H,78,95)(H,79,86)(H,80,87)(H,81,88)(H,82,89);2H,1H3/t45-,46-,47-,48+,49+,50+,51+,52-;/m1./s1. The highest BCUT2D eigenvalue weighted by Crippen LogP contribution is 2.19. The van der Waals surface area contributed by atoms with Crippen LogP contribution in [-0.2, 0) is 67.0 Å². The lowest BCUT2D eigenvalue weighted by Crippen LogP contribution is -2.65. The lowest BCUT2D eigenvalue weighted by molar-refractivity contribution is -0.146. The van der Waals surface area contributed by atoms with Crippen molar-refractivity contribution in [2.24, 2.45) is 47.3 Å². The molecule has 0 unspecified atom stereocenters. The first-order valence-electron chi connectivity index (χ1n) is 35.0. The molecule has 572 valence electrons. The molecule has 0 bridgehead atoms. The maximum absolute atomic E-state index is 14.4. The molecule has 0 aromatic heterocycles. The molecule has 28 heteroatoms. The number of rotatable bonds is 40. The van der Waals surface area contributed by atoms with Gasteiger partial charge in [-0.2, -0.15) is 0 Å². The lowest BCUT2D eigenvalue weighted by Gasteiger charge is -2.33. The summed E-state index contributed by atoms with van der Waals surface area (Å²) in [4.78, 5) is 181. The Morgan fingerprint density at radius 3 is 0.626 bits per heavy atom. The molecular weight excluding hydrogens is 1280 g/mol. The van der Waals surface area contributed by atoms with Crippen LogP contribution in [-0.4, -0.2) is 172 Å². The Bertz CT molecular complexity index is 2680. The number of nitrogens with one attached hydrogen (secondary N) is 12. The Morgan fingerprint density at radius 2 is 0.444 bits per heavy atom. The summed E-state index contributed by atoms with van der Waals surface area (Å²) in [5.41, 5.74) is -7.42. The molecule has 0 aliphatic carbocycles. The van der Waals surface area contributed by atoms with Crippen LogP contribution in [0.3, 0.4) is 0 Å². The Kier molecular flexibility index (Phi) is 40.0. The predicted octanol–water partition coefficient (Wildman–Crippen LogP) is 5.00. The summed E-state index contributed by atoms with van der Waals surface area (Å²) in [6.45, 7) is 46.1. The summed E-state index contributed by atoms with van der Waals surface area (Å²) in [5.74, 6) is -9.51. The predicted molar refractivity (Wildman–Crippen MR) is 381 cm³/mol. The van der Waals surface area contributed by atoms with Crippen LogP contribution in [0.25, 0.3) is 0 Å². The summed E-state index contributed by atoms with van der Waals surface area (Å²) in [5, 5.41) is 39.8. The van der Waals surface area contributed by atoms with Gasteiger partial charge in [0.25, 0.3) is 0 Å². The zero-order valence-corrected chi connectivity index (χ0v) is 65.5. The summed E-state index contributed by atoms with van der Waals surface area (Å²) >= 11 is 0. The Balaban J connectivity index is 0. The molecule has 0 fully saturated rings. The van der Waals surface area contributed by atoms with Crippen LogP contribution in [0, 0.1) is 47.3 Å². The summed E-state index contributed by atoms with van der Waals surface area (Å²) in [7, 11) is 2.21. The van der Waals surface area contributed by atoms with E-state index < -0.39 is 153 Å². The van der Waals surface area contributed by atoms with Crippen molar-refractivity contribution in [2.45, 2.75) is 314 Å². The van der Waals surface area contributed by atoms with Gasteiger partial charge in [-0.3, -0.25) is 52.7 Å². The largest absolute Gasteiger partial charge is 0.467 e. The number of alkyl carbamates (subject to hydrolysis) is 1. The van der Waals surface area contributed by atoms with E-state index >= 15 is 0 Å². The van der Waals surface area contributed by atoms with Crippen molar-refractivity contribution >= 4 is 77.0 Å². The van der Waals surface area contributed by atoms with Gasteiger partial charge in [-0.15, -0.1) is 0 Å². The molecule has 28 nitrogen and oxygen atoms in total. The zero-order chi connectivity index (χ0) is 77.8. The fraction of sp³-hybridized carbons (Fsp3) is 0.817. The number of hydrogen-bond acceptors (Lipinski definition) is 16. The van der Waals surface area contributed by atoms with Gasteiger partial charge in [-0.1, -0.05) is 111 Å². The minimum atomic E-state index is -1.72. The van der Waals surface area contributed by atoms with E-state index in [1.54, 1.807) is 20.8 Å². The molecule has 0 aromatic carbocycles. The van der Waals surface area contributed by atoms with Crippen LogP contribution in [0.15, 0.2) is 0 Å². The molecule has 13 N–H and O–H groups in total. The highest BCUT2D eigenvalue weighted by atomic mass is 16.6. The van der Waals surface area contributed by atoms with Crippen molar-refractivity contribution in [1.29, 1.82) is 0 Å². The SMILES string of the molecule is CO.COC(=O)[C@@H](CC(C)C)NC(=O)C(C)(C)NC(=O)[C@H](CC(C)C)NC(=O)[C@@H](CC(C)C)NC(=O)C(C)(C)NC(=O)[C@H](CC(C)C)NC(=O)[C@@H](CC(C)C)NC(=O)C(C)(C)NC(=O)[C@H](CC(C)C)NC(=O)[C@@H](CC(C)C)NC(=O)C(C)(C)NC(=O)[C@H](CC(C)C)NC(=O)OC(C)(C)C. The van der Waals surface area contributed by atoms with Crippen molar-refractivity contribution in [2.75, 3.05) is 14.2 Å². The van der Waals surface area contributed by atoms with Crippen LogP contribution in [0.1, 0.15) is 238 Å². The van der Waals surface area contributed by atoms with Gasteiger partial charge in [0.1, 0.15) is 76.1 Å². The quantitative estimate of drug-likeness (QED) is 0.0359. The second kappa shape index (κ2) is 42.2. The minimum absolute atomic E-state index is 0.0235. The van der Waals surface area contributed by atoms with Gasteiger partial charge < -0.3 is 78.4 Å².